The average Bonchev–Trinajstić information content (AvgIpc) is 2.75. The minimum Gasteiger partial charge on any atom is -0.322 e. The molecule has 1 aromatic heterocycles. The first kappa shape index (κ1) is 23.3. The lowest BCUT2D eigenvalue weighted by atomic mass is 10.1. The number of halogens is 1. The number of amides is 2. The average molecular weight is 515 g/mol. The Morgan fingerprint density at radius 2 is 1.69 bits per heavy atom. The van der Waals surface area contributed by atoms with Crippen molar-refractivity contribution in [3.05, 3.63) is 83.0 Å². The Labute approximate surface area is 193 Å². The van der Waals surface area contributed by atoms with Crippen molar-refractivity contribution in [2.24, 2.45) is 5.14 Å². The number of nitrogens with zero attached hydrogens (tertiary/aromatic N) is 1. The molecule has 0 radical (unpaired) electrons. The van der Waals surface area contributed by atoms with E-state index in [0.717, 1.165) is 4.47 Å². The number of rotatable bonds is 6. The van der Waals surface area contributed by atoms with Gasteiger partial charge < -0.3 is 10.6 Å². The van der Waals surface area contributed by atoms with Crippen molar-refractivity contribution < 1.29 is 18.0 Å². The molecule has 4 N–H and O–H groups in total. The maximum atomic E-state index is 12.4. The van der Waals surface area contributed by atoms with Gasteiger partial charge in [-0.15, -0.1) is 0 Å². The van der Waals surface area contributed by atoms with Gasteiger partial charge in [0.1, 0.15) is 5.82 Å². The number of carbonyl (C=O) groups excluding carboxylic acids is 2. The number of anilines is 2. The molecule has 0 saturated carbocycles. The van der Waals surface area contributed by atoms with Crippen LogP contribution >= 0.6 is 15.9 Å². The molecule has 0 atom stereocenters. The second-order valence-electron chi connectivity index (χ2n) is 6.75. The highest BCUT2D eigenvalue weighted by molar-refractivity contribution is 9.10. The third-order valence-electron chi connectivity index (χ3n) is 4.33. The molecule has 32 heavy (non-hydrogen) atoms. The summed E-state index contributed by atoms with van der Waals surface area (Å²) >= 11 is 3.26. The topological polar surface area (TPSA) is 131 Å². The van der Waals surface area contributed by atoms with Crippen LogP contribution in [0.25, 0.3) is 11.1 Å². The maximum absolute atomic E-state index is 12.4. The predicted octanol–water partition coefficient (Wildman–Crippen LogP) is 3.68. The minimum atomic E-state index is -3.88. The van der Waals surface area contributed by atoms with Gasteiger partial charge in [0.25, 0.3) is 5.91 Å². The van der Waals surface area contributed by atoms with Crippen molar-refractivity contribution in [3.8, 4) is 11.1 Å². The molecule has 2 amide bonds. The number of sulfonamides is 1. The van der Waals surface area contributed by atoms with Crippen LogP contribution in [0.3, 0.4) is 0 Å². The number of benzene rings is 2. The van der Waals surface area contributed by atoms with Crippen molar-refractivity contribution in [2.45, 2.75) is 11.8 Å². The summed E-state index contributed by atoms with van der Waals surface area (Å²) in [6, 6.07) is 16.4. The SMILES string of the molecule is CC(=CC(=O)Nc1ccc(Br)cn1)C(=O)Nc1ccc(-c2ccccc2S(N)(=O)=O)cc1. The van der Waals surface area contributed by atoms with Crippen LogP contribution in [0.2, 0.25) is 0 Å². The number of hydrogen-bond acceptors (Lipinski definition) is 5. The molecule has 0 unspecified atom stereocenters. The highest BCUT2D eigenvalue weighted by Gasteiger charge is 2.15. The van der Waals surface area contributed by atoms with E-state index in [4.69, 9.17) is 5.14 Å². The second-order valence-corrected chi connectivity index (χ2v) is 9.20. The number of pyridine rings is 1. The molecule has 3 aromatic rings. The van der Waals surface area contributed by atoms with E-state index in [1.54, 1.807) is 60.8 Å². The quantitative estimate of drug-likeness (QED) is 0.431. The highest BCUT2D eigenvalue weighted by Crippen LogP contribution is 2.27. The first-order valence-corrected chi connectivity index (χ1v) is 11.6. The first-order chi connectivity index (χ1) is 15.1. The smallest absolute Gasteiger partial charge is 0.251 e. The summed E-state index contributed by atoms with van der Waals surface area (Å²) in [5, 5.41) is 10.6. The molecular weight excluding hydrogens is 496 g/mol. The maximum Gasteiger partial charge on any atom is 0.251 e. The van der Waals surface area contributed by atoms with E-state index in [1.165, 1.54) is 19.1 Å². The molecule has 1 heterocycles. The number of hydrogen-bond donors (Lipinski definition) is 3. The summed E-state index contributed by atoms with van der Waals surface area (Å²) in [4.78, 5) is 28.6. The van der Waals surface area contributed by atoms with Crippen molar-refractivity contribution in [2.75, 3.05) is 10.6 Å². The lowest BCUT2D eigenvalue weighted by molar-refractivity contribution is -0.114. The largest absolute Gasteiger partial charge is 0.322 e. The molecule has 0 fully saturated rings. The fourth-order valence-electron chi connectivity index (χ4n) is 2.79. The van der Waals surface area contributed by atoms with Gasteiger partial charge in [-0.05, 0) is 58.7 Å². The molecule has 164 valence electrons. The van der Waals surface area contributed by atoms with Crippen LogP contribution in [0.5, 0.6) is 0 Å². The fourth-order valence-corrected chi connectivity index (χ4v) is 3.79. The summed E-state index contributed by atoms with van der Waals surface area (Å²) in [6.45, 7) is 1.51. The zero-order valence-electron chi connectivity index (χ0n) is 16.9. The zero-order valence-corrected chi connectivity index (χ0v) is 19.3. The lowest BCUT2D eigenvalue weighted by Crippen LogP contribution is -2.16. The Kier molecular flexibility index (Phi) is 7.18. The Morgan fingerprint density at radius 3 is 2.31 bits per heavy atom. The van der Waals surface area contributed by atoms with Crippen molar-refractivity contribution in [1.29, 1.82) is 0 Å². The van der Waals surface area contributed by atoms with Crippen LogP contribution in [0.15, 0.2) is 87.9 Å². The number of nitrogens with two attached hydrogens (primary N) is 1. The molecule has 2 aromatic carbocycles. The fraction of sp³-hybridized carbons (Fsp3) is 0.0455. The van der Waals surface area contributed by atoms with Gasteiger partial charge in [0, 0.05) is 33.6 Å². The van der Waals surface area contributed by atoms with Crippen LogP contribution in [0.1, 0.15) is 6.92 Å². The Bertz CT molecular complexity index is 1290. The first-order valence-electron chi connectivity index (χ1n) is 9.28. The van der Waals surface area contributed by atoms with E-state index in [2.05, 4.69) is 31.5 Å². The van der Waals surface area contributed by atoms with Gasteiger partial charge in [-0.2, -0.15) is 0 Å². The van der Waals surface area contributed by atoms with Gasteiger partial charge in [0.2, 0.25) is 15.9 Å². The molecular formula is C22H19BrN4O4S. The normalized spacial score (nSPS) is 11.7. The van der Waals surface area contributed by atoms with Crippen molar-refractivity contribution >= 4 is 49.3 Å². The van der Waals surface area contributed by atoms with Crippen LogP contribution in [-0.4, -0.2) is 25.2 Å². The van der Waals surface area contributed by atoms with E-state index < -0.39 is 21.8 Å². The highest BCUT2D eigenvalue weighted by atomic mass is 79.9. The summed E-state index contributed by atoms with van der Waals surface area (Å²) in [6.07, 6.45) is 2.72. The summed E-state index contributed by atoms with van der Waals surface area (Å²) in [7, 11) is -3.88. The molecule has 0 aliphatic heterocycles. The molecule has 0 spiro atoms. The number of carbonyl (C=O) groups is 2. The van der Waals surface area contributed by atoms with Gasteiger partial charge >= 0.3 is 0 Å². The van der Waals surface area contributed by atoms with E-state index in [-0.39, 0.29) is 10.5 Å². The minimum absolute atomic E-state index is 0.0156. The standard InChI is InChI=1S/C22H19BrN4O4S/c1-14(12-21(28)27-20-11-8-16(23)13-25-20)22(29)26-17-9-6-15(7-10-17)18-4-2-3-5-19(18)32(24,30)31/h2-13H,1H3,(H,26,29)(H2,24,30,31)(H,25,27,28). The van der Waals surface area contributed by atoms with E-state index in [1.807, 2.05) is 0 Å². The van der Waals surface area contributed by atoms with E-state index >= 15 is 0 Å². The van der Waals surface area contributed by atoms with Crippen molar-refractivity contribution in [1.82, 2.24) is 4.98 Å². The van der Waals surface area contributed by atoms with Crippen LogP contribution in [0.4, 0.5) is 11.5 Å². The van der Waals surface area contributed by atoms with E-state index in [0.29, 0.717) is 22.6 Å². The van der Waals surface area contributed by atoms with Gasteiger partial charge in [0.15, 0.2) is 0 Å². The Balaban J connectivity index is 1.69. The summed E-state index contributed by atoms with van der Waals surface area (Å²) in [5.41, 5.74) is 1.77. The van der Waals surface area contributed by atoms with Gasteiger partial charge in [-0.3, -0.25) is 9.59 Å². The zero-order chi connectivity index (χ0) is 23.3. The lowest BCUT2D eigenvalue weighted by Gasteiger charge is -2.10. The molecule has 0 aliphatic rings. The van der Waals surface area contributed by atoms with Gasteiger partial charge in [-0.1, -0.05) is 30.3 Å². The molecule has 10 heteroatoms. The van der Waals surface area contributed by atoms with Crippen molar-refractivity contribution in [3.63, 3.8) is 0 Å². The van der Waals surface area contributed by atoms with Crippen LogP contribution in [0, 0.1) is 0 Å². The molecule has 3 rings (SSSR count). The number of nitrogens with one attached hydrogen (secondary N) is 2. The predicted molar refractivity (Wildman–Crippen MR) is 126 cm³/mol. The molecule has 8 nitrogen and oxygen atoms in total. The van der Waals surface area contributed by atoms with Gasteiger partial charge in [-0.25, -0.2) is 18.5 Å². The van der Waals surface area contributed by atoms with E-state index in [9.17, 15) is 18.0 Å². The Hall–Kier alpha value is -3.34. The summed E-state index contributed by atoms with van der Waals surface area (Å²) in [5.74, 6) is -0.581. The third-order valence-corrected chi connectivity index (χ3v) is 5.77. The molecule has 0 saturated heterocycles. The molecule has 0 bridgehead atoms. The van der Waals surface area contributed by atoms with Gasteiger partial charge in [0.05, 0.1) is 4.90 Å². The second kappa shape index (κ2) is 9.86. The molecule has 0 aliphatic carbocycles. The number of primary sulfonamides is 1. The third kappa shape index (κ3) is 6.10. The monoisotopic (exact) mass is 514 g/mol. The summed E-state index contributed by atoms with van der Waals surface area (Å²) < 4.78 is 24.4. The van der Waals surface area contributed by atoms with Crippen LogP contribution in [-0.2, 0) is 19.6 Å². The van der Waals surface area contributed by atoms with Crippen LogP contribution < -0.4 is 15.8 Å². The Morgan fingerprint density at radius 1 is 1.00 bits per heavy atom. The number of aromatic nitrogens is 1.